The standard InChI is InChI=1S/C6H5Cl.C3H2ClN3/c7-6-4-2-1-3-5-6;4-3-6-1-5-2-7-3/h1-5H;1-2H. The van der Waals surface area contributed by atoms with Gasteiger partial charge in [0.15, 0.2) is 0 Å². The molecule has 1 heterocycles. The van der Waals surface area contributed by atoms with Gasteiger partial charge in [0, 0.05) is 5.02 Å². The van der Waals surface area contributed by atoms with Crippen molar-refractivity contribution in [1.29, 1.82) is 0 Å². The number of rotatable bonds is 0. The van der Waals surface area contributed by atoms with Gasteiger partial charge in [-0.3, -0.25) is 0 Å². The Bertz CT molecular complexity index is 315. The molecule has 0 bridgehead atoms. The molecular formula is C9H7Cl2N3. The lowest BCUT2D eigenvalue weighted by Crippen LogP contribution is -1.79. The number of halogens is 2. The third-order valence-electron chi connectivity index (χ3n) is 1.19. The van der Waals surface area contributed by atoms with Crippen LogP contribution in [-0.4, -0.2) is 15.0 Å². The summed E-state index contributed by atoms with van der Waals surface area (Å²) in [5.41, 5.74) is 0. The fourth-order valence-corrected chi connectivity index (χ4v) is 0.873. The largest absolute Gasteiger partial charge is 0.225 e. The Morgan fingerprint density at radius 2 is 1.43 bits per heavy atom. The van der Waals surface area contributed by atoms with Gasteiger partial charge in [-0.25, -0.2) is 15.0 Å². The third-order valence-corrected chi connectivity index (χ3v) is 1.64. The van der Waals surface area contributed by atoms with Gasteiger partial charge in [0.05, 0.1) is 0 Å². The summed E-state index contributed by atoms with van der Waals surface area (Å²) in [7, 11) is 0. The fourth-order valence-electron chi connectivity index (χ4n) is 0.640. The molecule has 5 heteroatoms. The molecule has 0 fully saturated rings. The lowest BCUT2D eigenvalue weighted by molar-refractivity contribution is 1.05. The number of hydrogen-bond acceptors (Lipinski definition) is 3. The summed E-state index contributed by atoms with van der Waals surface area (Å²) < 4.78 is 0. The van der Waals surface area contributed by atoms with Crippen LogP contribution in [0.15, 0.2) is 43.0 Å². The maximum atomic E-state index is 5.54. The van der Waals surface area contributed by atoms with Gasteiger partial charge in [-0.05, 0) is 23.7 Å². The van der Waals surface area contributed by atoms with Crippen molar-refractivity contribution >= 4 is 23.2 Å². The van der Waals surface area contributed by atoms with E-state index in [9.17, 15) is 0 Å². The van der Waals surface area contributed by atoms with Crippen molar-refractivity contribution < 1.29 is 0 Å². The highest BCUT2D eigenvalue weighted by atomic mass is 35.5. The number of benzene rings is 1. The molecule has 2 rings (SSSR count). The van der Waals surface area contributed by atoms with E-state index in [4.69, 9.17) is 23.2 Å². The molecule has 0 aliphatic carbocycles. The van der Waals surface area contributed by atoms with Gasteiger partial charge < -0.3 is 0 Å². The molecule has 0 N–H and O–H groups in total. The zero-order valence-corrected chi connectivity index (χ0v) is 8.65. The molecule has 0 unspecified atom stereocenters. The van der Waals surface area contributed by atoms with Crippen molar-refractivity contribution in [2.45, 2.75) is 0 Å². The average molecular weight is 228 g/mol. The second kappa shape index (κ2) is 6.29. The van der Waals surface area contributed by atoms with Gasteiger partial charge in [0.2, 0.25) is 5.28 Å². The predicted octanol–water partition coefficient (Wildman–Crippen LogP) is 2.87. The SMILES string of the molecule is Clc1ccccc1.Clc1ncncn1. The molecule has 0 atom stereocenters. The van der Waals surface area contributed by atoms with Crippen LogP contribution in [0.5, 0.6) is 0 Å². The fraction of sp³-hybridized carbons (Fsp3) is 0. The Labute approximate surface area is 91.8 Å². The summed E-state index contributed by atoms with van der Waals surface area (Å²) in [6, 6.07) is 9.44. The first kappa shape index (κ1) is 10.9. The van der Waals surface area contributed by atoms with E-state index in [1.54, 1.807) is 0 Å². The Kier molecular flexibility index (Phi) is 4.89. The minimum Gasteiger partial charge on any atom is -0.225 e. The monoisotopic (exact) mass is 227 g/mol. The number of hydrogen-bond donors (Lipinski definition) is 0. The number of nitrogens with zero attached hydrogens (tertiary/aromatic N) is 3. The van der Waals surface area contributed by atoms with Crippen molar-refractivity contribution in [1.82, 2.24) is 15.0 Å². The molecular weight excluding hydrogens is 221 g/mol. The highest BCUT2D eigenvalue weighted by Gasteiger charge is 1.79. The van der Waals surface area contributed by atoms with E-state index in [0.717, 1.165) is 5.02 Å². The first-order chi connectivity index (χ1) is 6.79. The van der Waals surface area contributed by atoms with Gasteiger partial charge >= 0.3 is 0 Å². The summed E-state index contributed by atoms with van der Waals surface area (Å²) in [5, 5.41) is 1.03. The van der Waals surface area contributed by atoms with Crippen molar-refractivity contribution in [3.63, 3.8) is 0 Å². The molecule has 0 saturated carbocycles. The van der Waals surface area contributed by atoms with Crippen LogP contribution < -0.4 is 0 Å². The normalized spacial score (nSPS) is 8.71. The summed E-state index contributed by atoms with van der Waals surface area (Å²) >= 11 is 10.8. The van der Waals surface area contributed by atoms with E-state index in [1.165, 1.54) is 12.7 Å². The van der Waals surface area contributed by atoms with E-state index in [0.29, 0.717) is 0 Å². The van der Waals surface area contributed by atoms with E-state index in [1.807, 2.05) is 30.3 Å². The molecule has 0 aliphatic rings. The zero-order chi connectivity index (χ0) is 10.2. The molecule has 14 heavy (non-hydrogen) atoms. The van der Waals surface area contributed by atoms with Crippen molar-refractivity contribution in [2.24, 2.45) is 0 Å². The summed E-state index contributed by atoms with van der Waals surface area (Å²) in [4.78, 5) is 10.6. The molecule has 2 aromatic rings. The quantitative estimate of drug-likeness (QED) is 0.695. The van der Waals surface area contributed by atoms with Crippen molar-refractivity contribution in [3.05, 3.63) is 53.3 Å². The first-order valence-corrected chi connectivity index (χ1v) is 4.52. The molecule has 3 nitrogen and oxygen atoms in total. The van der Waals surface area contributed by atoms with Gasteiger partial charge in [-0.1, -0.05) is 29.8 Å². The minimum atomic E-state index is 0.231. The molecule has 0 radical (unpaired) electrons. The van der Waals surface area contributed by atoms with Crippen LogP contribution in [0.3, 0.4) is 0 Å². The second-order valence-corrected chi connectivity index (χ2v) is 2.98. The van der Waals surface area contributed by atoms with Gasteiger partial charge in [0.25, 0.3) is 0 Å². The van der Waals surface area contributed by atoms with Crippen LogP contribution in [0.4, 0.5) is 0 Å². The van der Waals surface area contributed by atoms with E-state index < -0.39 is 0 Å². The Balaban J connectivity index is 0.000000140. The van der Waals surface area contributed by atoms with Crippen LogP contribution >= 0.6 is 23.2 Å². The molecule has 1 aromatic heterocycles. The van der Waals surface area contributed by atoms with Crippen molar-refractivity contribution in [3.8, 4) is 0 Å². The van der Waals surface area contributed by atoms with E-state index in [-0.39, 0.29) is 5.28 Å². The maximum Gasteiger partial charge on any atom is 0.225 e. The van der Waals surface area contributed by atoms with Gasteiger partial charge in [-0.2, -0.15) is 0 Å². The minimum absolute atomic E-state index is 0.231. The Morgan fingerprint density at radius 1 is 0.857 bits per heavy atom. The van der Waals surface area contributed by atoms with E-state index in [2.05, 4.69) is 15.0 Å². The van der Waals surface area contributed by atoms with Gasteiger partial charge in [-0.15, -0.1) is 0 Å². The molecule has 0 saturated heterocycles. The second-order valence-electron chi connectivity index (χ2n) is 2.20. The van der Waals surface area contributed by atoms with Crippen LogP contribution in [0.1, 0.15) is 0 Å². The van der Waals surface area contributed by atoms with Crippen LogP contribution in [0.2, 0.25) is 10.3 Å². The molecule has 0 aliphatic heterocycles. The summed E-state index contributed by atoms with van der Waals surface area (Å²) in [6.07, 6.45) is 2.69. The first-order valence-electron chi connectivity index (χ1n) is 3.77. The topological polar surface area (TPSA) is 38.7 Å². The Hall–Kier alpha value is -1.19. The van der Waals surface area contributed by atoms with Crippen LogP contribution in [0, 0.1) is 0 Å². The molecule has 72 valence electrons. The third kappa shape index (κ3) is 4.74. The van der Waals surface area contributed by atoms with Crippen molar-refractivity contribution in [2.75, 3.05) is 0 Å². The average Bonchev–Trinajstić information content (AvgIpc) is 2.21. The van der Waals surface area contributed by atoms with Crippen LogP contribution in [-0.2, 0) is 0 Å². The smallest absolute Gasteiger partial charge is 0.225 e. The molecule has 1 aromatic carbocycles. The molecule has 0 amide bonds. The van der Waals surface area contributed by atoms with E-state index >= 15 is 0 Å². The Morgan fingerprint density at radius 3 is 1.71 bits per heavy atom. The van der Waals surface area contributed by atoms with Crippen LogP contribution in [0.25, 0.3) is 0 Å². The summed E-state index contributed by atoms with van der Waals surface area (Å²) in [6.45, 7) is 0. The highest BCUT2D eigenvalue weighted by Crippen LogP contribution is 2.03. The predicted molar refractivity (Wildman–Crippen MR) is 56.3 cm³/mol. The number of aromatic nitrogens is 3. The highest BCUT2D eigenvalue weighted by molar-refractivity contribution is 6.30. The molecule has 0 spiro atoms. The summed E-state index contributed by atoms with van der Waals surface area (Å²) in [5.74, 6) is 0. The lowest BCUT2D eigenvalue weighted by atomic mass is 10.4. The zero-order valence-electron chi connectivity index (χ0n) is 7.14. The lowest BCUT2D eigenvalue weighted by Gasteiger charge is -1.80. The van der Waals surface area contributed by atoms with Gasteiger partial charge in [0.1, 0.15) is 12.7 Å². The maximum absolute atomic E-state index is 5.54.